The van der Waals surface area contributed by atoms with Crippen molar-refractivity contribution in [3.8, 4) is 0 Å². The van der Waals surface area contributed by atoms with E-state index in [0.717, 1.165) is 55.3 Å². The van der Waals surface area contributed by atoms with Crippen molar-refractivity contribution in [2.75, 3.05) is 5.75 Å². The first-order valence-corrected chi connectivity index (χ1v) is 12.5. The normalized spacial score (nSPS) is 41.7. The molecular weight excluding hydrogens is 376 g/mol. The molecule has 0 aliphatic heterocycles. The minimum atomic E-state index is -0.501. The Morgan fingerprint density at radius 1 is 1.00 bits per heavy atom. The van der Waals surface area contributed by atoms with E-state index in [9.17, 15) is 9.90 Å². The van der Waals surface area contributed by atoms with E-state index < -0.39 is 5.60 Å². The maximum atomic E-state index is 12.8. The molecule has 0 amide bonds. The molecule has 0 spiro atoms. The molecule has 156 valence electrons. The van der Waals surface area contributed by atoms with Crippen molar-refractivity contribution in [1.29, 1.82) is 0 Å². The van der Waals surface area contributed by atoms with Gasteiger partial charge < -0.3 is 5.11 Å². The van der Waals surface area contributed by atoms with Crippen molar-refractivity contribution in [3.63, 3.8) is 0 Å². The first kappa shape index (κ1) is 19.9. The smallest absolute Gasteiger partial charge is 0.159 e. The number of hydrogen-bond acceptors (Lipinski definition) is 3. The van der Waals surface area contributed by atoms with E-state index in [2.05, 4.69) is 38.1 Å². The second kappa shape index (κ2) is 7.27. The highest BCUT2D eigenvalue weighted by molar-refractivity contribution is 7.99. The lowest BCUT2D eigenvalue weighted by Gasteiger charge is -2.55. The molecule has 0 bridgehead atoms. The molecule has 6 atom stereocenters. The maximum absolute atomic E-state index is 12.8. The molecule has 3 saturated carbocycles. The van der Waals surface area contributed by atoms with Crippen LogP contribution < -0.4 is 0 Å². The van der Waals surface area contributed by atoms with Crippen LogP contribution in [0, 0.1) is 29.1 Å². The van der Waals surface area contributed by atoms with Gasteiger partial charge in [0.15, 0.2) is 5.78 Å². The zero-order chi connectivity index (χ0) is 20.2. The van der Waals surface area contributed by atoms with Gasteiger partial charge in [0.2, 0.25) is 0 Å². The fraction of sp³-hybridized carbons (Fsp3) is 0.654. The van der Waals surface area contributed by atoms with Crippen LogP contribution in [0.25, 0.3) is 0 Å². The van der Waals surface area contributed by atoms with Crippen LogP contribution in [-0.4, -0.2) is 22.2 Å². The highest BCUT2D eigenvalue weighted by Gasteiger charge is 2.60. The number of hydrogen-bond donors (Lipinski definition) is 1. The van der Waals surface area contributed by atoms with E-state index in [-0.39, 0.29) is 5.41 Å². The Balaban J connectivity index is 1.39. The molecule has 4 aliphatic carbocycles. The Morgan fingerprint density at radius 2 is 1.79 bits per heavy atom. The summed E-state index contributed by atoms with van der Waals surface area (Å²) in [6.07, 6.45) is 8.66. The van der Waals surface area contributed by atoms with Gasteiger partial charge in [-0.25, -0.2) is 0 Å². The van der Waals surface area contributed by atoms with Crippen LogP contribution in [0.3, 0.4) is 0 Å². The van der Waals surface area contributed by atoms with Crippen LogP contribution in [0.4, 0.5) is 0 Å². The summed E-state index contributed by atoms with van der Waals surface area (Å²) in [5.41, 5.74) is 2.25. The van der Waals surface area contributed by atoms with Crippen molar-refractivity contribution in [1.82, 2.24) is 0 Å². The lowest BCUT2D eigenvalue weighted by Crippen LogP contribution is -2.51. The highest BCUT2D eigenvalue weighted by Crippen LogP contribution is 2.65. The number of benzene rings is 1. The van der Waals surface area contributed by atoms with Crippen molar-refractivity contribution in [2.24, 2.45) is 29.1 Å². The summed E-state index contributed by atoms with van der Waals surface area (Å²) < 4.78 is 0. The monoisotopic (exact) mass is 410 g/mol. The van der Waals surface area contributed by atoms with E-state index in [1.54, 1.807) is 0 Å². The van der Waals surface area contributed by atoms with Crippen LogP contribution in [0.1, 0.15) is 65.2 Å². The Bertz CT molecular complexity index is 826. The predicted molar refractivity (Wildman–Crippen MR) is 119 cm³/mol. The highest BCUT2D eigenvalue weighted by atomic mass is 32.2. The average Bonchev–Trinajstić information content (AvgIpc) is 2.97. The number of carbonyl (C=O) groups is 1. The number of aliphatic hydroxyl groups is 1. The molecule has 0 saturated heterocycles. The number of allylic oxidation sites excluding steroid dienone is 1. The number of fused-ring (bicyclic) bond motifs is 5. The SMILES string of the molecule is C[C@]1(O)CC[C@H]2[C@@H]3CCC4=C(CSc5ccccc5)C(=O)CC[C@@H]4[C@H]3CC[C@@]21C. The summed E-state index contributed by atoms with van der Waals surface area (Å²) in [5.74, 6) is 4.00. The minimum absolute atomic E-state index is 0.0891. The van der Waals surface area contributed by atoms with E-state index in [0.29, 0.717) is 17.6 Å². The van der Waals surface area contributed by atoms with Crippen LogP contribution in [-0.2, 0) is 4.79 Å². The van der Waals surface area contributed by atoms with Crippen molar-refractivity contribution >= 4 is 17.5 Å². The number of ketones is 1. The van der Waals surface area contributed by atoms with E-state index >= 15 is 0 Å². The van der Waals surface area contributed by atoms with E-state index in [4.69, 9.17) is 0 Å². The van der Waals surface area contributed by atoms with Crippen molar-refractivity contribution < 1.29 is 9.90 Å². The van der Waals surface area contributed by atoms with Crippen molar-refractivity contribution in [2.45, 2.75) is 75.7 Å². The van der Waals surface area contributed by atoms with E-state index in [1.807, 2.05) is 17.8 Å². The Kier molecular flexibility index (Phi) is 4.98. The Labute approximate surface area is 179 Å². The second-order valence-corrected chi connectivity index (χ2v) is 11.5. The van der Waals surface area contributed by atoms with Gasteiger partial charge in [0.1, 0.15) is 0 Å². The molecule has 3 fully saturated rings. The standard InChI is InChI=1S/C26H34O2S/c1-25-14-12-20-18-10-11-24(27)22(16-29-17-6-4-3-5-7-17)19(18)8-9-21(20)23(25)13-15-26(25,2)28/h3-7,18,20-21,23,28H,8-16H2,1-2H3/t18-,20+,21+,23-,25-,26-/m0/s1. The van der Waals surface area contributed by atoms with Crippen LogP contribution in [0.5, 0.6) is 0 Å². The van der Waals surface area contributed by atoms with Crippen LogP contribution in [0.15, 0.2) is 46.4 Å². The van der Waals surface area contributed by atoms with Crippen LogP contribution >= 0.6 is 11.8 Å². The molecule has 1 N–H and O–H groups in total. The van der Waals surface area contributed by atoms with Gasteiger partial charge in [-0.3, -0.25) is 4.79 Å². The van der Waals surface area contributed by atoms with Gasteiger partial charge in [0.05, 0.1) is 5.60 Å². The number of thioether (sulfide) groups is 1. The third-order valence-electron chi connectivity index (χ3n) is 9.30. The van der Waals surface area contributed by atoms with E-state index in [1.165, 1.54) is 29.7 Å². The van der Waals surface area contributed by atoms with Gasteiger partial charge in [-0.1, -0.05) is 30.7 Å². The molecular formula is C26H34O2S. The van der Waals surface area contributed by atoms with Gasteiger partial charge in [-0.15, -0.1) is 11.8 Å². The second-order valence-electron chi connectivity index (χ2n) is 10.4. The molecule has 0 heterocycles. The first-order valence-electron chi connectivity index (χ1n) is 11.6. The Morgan fingerprint density at radius 3 is 2.59 bits per heavy atom. The first-order chi connectivity index (χ1) is 13.9. The van der Waals surface area contributed by atoms with Crippen LogP contribution in [0.2, 0.25) is 0 Å². The molecule has 0 unspecified atom stereocenters. The number of carbonyl (C=O) groups excluding carboxylic acids is 1. The van der Waals surface area contributed by atoms with Gasteiger partial charge in [0.25, 0.3) is 0 Å². The number of Topliss-reactive ketones (excluding diaryl/α,β-unsaturated/α-hetero) is 1. The summed E-state index contributed by atoms with van der Waals surface area (Å²) >= 11 is 1.82. The molecule has 29 heavy (non-hydrogen) atoms. The van der Waals surface area contributed by atoms with Gasteiger partial charge in [-0.05, 0) is 93.1 Å². The summed E-state index contributed by atoms with van der Waals surface area (Å²) in [7, 11) is 0. The average molecular weight is 411 g/mol. The quantitative estimate of drug-likeness (QED) is 0.617. The van der Waals surface area contributed by atoms with Crippen molar-refractivity contribution in [3.05, 3.63) is 41.5 Å². The zero-order valence-electron chi connectivity index (χ0n) is 17.8. The third-order valence-corrected chi connectivity index (χ3v) is 10.3. The molecule has 3 heteroatoms. The lowest BCUT2D eigenvalue weighted by molar-refractivity contribution is -0.118. The topological polar surface area (TPSA) is 37.3 Å². The Hall–Kier alpha value is -1.06. The maximum Gasteiger partial charge on any atom is 0.159 e. The molecule has 2 nitrogen and oxygen atoms in total. The fourth-order valence-corrected chi connectivity index (χ4v) is 8.47. The molecule has 1 aromatic carbocycles. The van der Waals surface area contributed by atoms with Gasteiger partial charge in [0, 0.05) is 22.6 Å². The number of rotatable bonds is 3. The largest absolute Gasteiger partial charge is 0.390 e. The zero-order valence-corrected chi connectivity index (χ0v) is 18.6. The lowest BCUT2D eigenvalue weighted by atomic mass is 9.50. The summed E-state index contributed by atoms with van der Waals surface area (Å²) in [4.78, 5) is 14.1. The van der Waals surface area contributed by atoms with Gasteiger partial charge >= 0.3 is 0 Å². The molecule has 5 rings (SSSR count). The summed E-state index contributed by atoms with van der Waals surface area (Å²) in [6.45, 7) is 4.44. The summed E-state index contributed by atoms with van der Waals surface area (Å²) in [5, 5.41) is 11.1. The molecule has 4 aliphatic rings. The molecule has 1 aromatic rings. The minimum Gasteiger partial charge on any atom is -0.390 e. The van der Waals surface area contributed by atoms with Gasteiger partial charge in [-0.2, -0.15) is 0 Å². The third kappa shape index (κ3) is 3.15. The fourth-order valence-electron chi connectivity index (χ4n) is 7.47. The summed E-state index contributed by atoms with van der Waals surface area (Å²) in [6, 6.07) is 10.5. The molecule has 0 aromatic heterocycles. The predicted octanol–water partition coefficient (Wildman–Crippen LogP) is 6.04. The molecule has 0 radical (unpaired) electrons.